The summed E-state index contributed by atoms with van der Waals surface area (Å²) in [5, 5.41) is 14.5. The fraction of sp³-hybridized carbons (Fsp3) is 0.846. The lowest BCUT2D eigenvalue weighted by molar-refractivity contribution is -0.137. The minimum Gasteiger partial charge on any atom is -0.481 e. The Hall–Kier alpha value is -1.26. The molecule has 1 saturated carbocycles. The second kappa shape index (κ2) is 6.07. The zero-order chi connectivity index (χ0) is 13.8. The monoisotopic (exact) mass is 256 g/mol. The van der Waals surface area contributed by atoms with Gasteiger partial charge in [0.25, 0.3) is 0 Å². The Morgan fingerprint density at radius 3 is 2.50 bits per heavy atom. The molecule has 0 spiro atoms. The van der Waals surface area contributed by atoms with Gasteiger partial charge in [-0.3, -0.25) is 4.79 Å². The largest absolute Gasteiger partial charge is 0.481 e. The third kappa shape index (κ3) is 4.94. The van der Waals surface area contributed by atoms with Gasteiger partial charge in [0.15, 0.2) is 0 Å². The summed E-state index contributed by atoms with van der Waals surface area (Å²) in [6.45, 7) is 5.83. The first-order valence-electron chi connectivity index (χ1n) is 6.60. The van der Waals surface area contributed by atoms with Crippen LogP contribution in [0.4, 0.5) is 4.79 Å². The molecule has 0 radical (unpaired) electrons. The summed E-state index contributed by atoms with van der Waals surface area (Å²) in [7, 11) is 0. The lowest BCUT2D eigenvalue weighted by Gasteiger charge is -2.27. The first-order valence-corrected chi connectivity index (χ1v) is 6.60. The molecule has 1 rings (SSSR count). The zero-order valence-corrected chi connectivity index (χ0v) is 11.5. The highest BCUT2D eigenvalue weighted by Crippen LogP contribution is 2.24. The summed E-state index contributed by atoms with van der Waals surface area (Å²) in [5.41, 5.74) is -0.496. The van der Waals surface area contributed by atoms with E-state index < -0.39 is 11.5 Å². The molecule has 104 valence electrons. The van der Waals surface area contributed by atoms with Crippen molar-refractivity contribution in [3.8, 4) is 0 Å². The molecule has 5 nitrogen and oxygen atoms in total. The molecule has 1 aliphatic carbocycles. The number of carboxylic acid groups (broad SMARTS) is 1. The predicted molar refractivity (Wildman–Crippen MR) is 69.4 cm³/mol. The van der Waals surface area contributed by atoms with Crippen molar-refractivity contribution in [1.82, 2.24) is 10.6 Å². The number of hydrogen-bond acceptors (Lipinski definition) is 2. The smallest absolute Gasteiger partial charge is 0.315 e. The molecule has 2 unspecified atom stereocenters. The van der Waals surface area contributed by atoms with Crippen molar-refractivity contribution in [1.29, 1.82) is 0 Å². The van der Waals surface area contributed by atoms with E-state index in [1.165, 1.54) is 0 Å². The van der Waals surface area contributed by atoms with Crippen LogP contribution in [0.25, 0.3) is 0 Å². The first kappa shape index (κ1) is 14.8. The second-order valence-corrected chi connectivity index (χ2v) is 5.89. The molecule has 1 aliphatic rings. The van der Waals surface area contributed by atoms with Crippen LogP contribution < -0.4 is 10.6 Å². The number of rotatable bonds is 5. The Kier molecular flexibility index (Phi) is 4.99. The lowest BCUT2D eigenvalue weighted by Crippen LogP contribution is -2.51. The molecule has 0 aliphatic heterocycles. The summed E-state index contributed by atoms with van der Waals surface area (Å²) in [5.74, 6) is -0.312. The third-order valence-corrected chi connectivity index (χ3v) is 3.59. The summed E-state index contributed by atoms with van der Waals surface area (Å²) >= 11 is 0. The van der Waals surface area contributed by atoms with Gasteiger partial charge in [0.1, 0.15) is 0 Å². The Labute approximate surface area is 108 Å². The van der Waals surface area contributed by atoms with E-state index in [9.17, 15) is 9.59 Å². The van der Waals surface area contributed by atoms with Crippen LogP contribution in [-0.4, -0.2) is 28.7 Å². The highest BCUT2D eigenvalue weighted by Gasteiger charge is 2.27. The molecular formula is C13H24N2O3. The highest BCUT2D eigenvalue weighted by molar-refractivity contribution is 5.75. The molecule has 2 atom stereocenters. The average molecular weight is 256 g/mol. The van der Waals surface area contributed by atoms with Gasteiger partial charge in [-0.05, 0) is 39.0 Å². The fourth-order valence-corrected chi connectivity index (χ4v) is 2.35. The van der Waals surface area contributed by atoms with Gasteiger partial charge < -0.3 is 15.7 Å². The number of hydrogen-bond donors (Lipinski definition) is 3. The maximum atomic E-state index is 11.8. The summed E-state index contributed by atoms with van der Waals surface area (Å²) in [6, 6.07) is 0.0596. The van der Waals surface area contributed by atoms with E-state index in [0.717, 1.165) is 19.3 Å². The zero-order valence-electron chi connectivity index (χ0n) is 11.5. The number of carboxylic acids is 1. The number of nitrogens with one attached hydrogen (secondary N) is 2. The SMILES string of the molecule is CC1CCCC1NC(=O)NC(C)(C)CCC(=O)O. The Morgan fingerprint density at radius 2 is 2.00 bits per heavy atom. The van der Waals surface area contributed by atoms with Gasteiger partial charge in [-0.25, -0.2) is 4.79 Å². The minimum absolute atomic E-state index is 0.0626. The molecule has 0 heterocycles. The average Bonchev–Trinajstić information content (AvgIpc) is 2.61. The number of aliphatic carboxylic acids is 1. The van der Waals surface area contributed by atoms with E-state index in [4.69, 9.17) is 5.11 Å². The van der Waals surface area contributed by atoms with Crippen LogP contribution in [-0.2, 0) is 4.79 Å². The molecular weight excluding hydrogens is 232 g/mol. The van der Waals surface area contributed by atoms with Crippen molar-refractivity contribution in [2.24, 2.45) is 5.92 Å². The van der Waals surface area contributed by atoms with Crippen molar-refractivity contribution < 1.29 is 14.7 Å². The standard InChI is InChI=1S/C13H24N2O3/c1-9-5-4-6-10(9)14-12(18)15-13(2,3)8-7-11(16)17/h9-10H,4-8H2,1-3H3,(H,16,17)(H2,14,15,18). The first-order chi connectivity index (χ1) is 8.30. The van der Waals surface area contributed by atoms with Crippen LogP contribution in [0, 0.1) is 5.92 Å². The molecule has 0 bridgehead atoms. The fourth-order valence-electron chi connectivity index (χ4n) is 2.35. The van der Waals surface area contributed by atoms with Crippen molar-refractivity contribution in [3.05, 3.63) is 0 Å². The minimum atomic E-state index is -0.838. The molecule has 18 heavy (non-hydrogen) atoms. The molecule has 0 saturated heterocycles. The van der Waals surface area contributed by atoms with Gasteiger partial charge >= 0.3 is 12.0 Å². The van der Waals surface area contributed by atoms with Gasteiger partial charge in [0.2, 0.25) is 0 Å². The maximum Gasteiger partial charge on any atom is 0.315 e. The number of amides is 2. The lowest BCUT2D eigenvalue weighted by atomic mass is 9.98. The van der Waals surface area contributed by atoms with Gasteiger partial charge in [-0.2, -0.15) is 0 Å². The van der Waals surface area contributed by atoms with Crippen LogP contribution in [0.2, 0.25) is 0 Å². The molecule has 3 N–H and O–H groups in total. The number of carbonyl (C=O) groups excluding carboxylic acids is 1. The van der Waals surface area contributed by atoms with E-state index in [1.807, 2.05) is 13.8 Å². The van der Waals surface area contributed by atoms with Crippen molar-refractivity contribution >= 4 is 12.0 Å². The van der Waals surface area contributed by atoms with Crippen LogP contribution in [0.3, 0.4) is 0 Å². The van der Waals surface area contributed by atoms with Gasteiger partial charge in [0.05, 0.1) is 0 Å². The van der Waals surface area contributed by atoms with Crippen molar-refractivity contribution in [2.45, 2.75) is 64.5 Å². The van der Waals surface area contributed by atoms with Gasteiger partial charge in [0, 0.05) is 18.0 Å². The van der Waals surface area contributed by atoms with E-state index in [1.54, 1.807) is 0 Å². The Morgan fingerprint density at radius 1 is 1.33 bits per heavy atom. The highest BCUT2D eigenvalue weighted by atomic mass is 16.4. The maximum absolute atomic E-state index is 11.8. The predicted octanol–water partition coefficient (Wildman–Crippen LogP) is 2.12. The van der Waals surface area contributed by atoms with Crippen molar-refractivity contribution in [2.75, 3.05) is 0 Å². The summed E-state index contributed by atoms with van der Waals surface area (Å²) in [6.07, 6.45) is 3.84. The Bertz CT molecular complexity index is 315. The van der Waals surface area contributed by atoms with E-state index >= 15 is 0 Å². The summed E-state index contributed by atoms with van der Waals surface area (Å²) < 4.78 is 0. The summed E-state index contributed by atoms with van der Waals surface area (Å²) in [4.78, 5) is 22.4. The number of carbonyl (C=O) groups is 2. The normalized spacial score (nSPS) is 23.7. The van der Waals surface area contributed by atoms with Crippen LogP contribution >= 0.6 is 0 Å². The topological polar surface area (TPSA) is 78.4 Å². The molecule has 2 amide bonds. The van der Waals surface area contributed by atoms with Crippen molar-refractivity contribution in [3.63, 3.8) is 0 Å². The third-order valence-electron chi connectivity index (χ3n) is 3.59. The number of urea groups is 1. The Balaban J connectivity index is 2.36. The van der Waals surface area contributed by atoms with Gasteiger partial charge in [-0.15, -0.1) is 0 Å². The molecule has 0 aromatic heterocycles. The van der Waals surface area contributed by atoms with E-state index in [0.29, 0.717) is 12.3 Å². The van der Waals surface area contributed by atoms with E-state index in [-0.39, 0.29) is 18.5 Å². The second-order valence-electron chi connectivity index (χ2n) is 5.89. The molecule has 0 aromatic carbocycles. The molecule has 5 heteroatoms. The van der Waals surface area contributed by atoms with Crippen LogP contribution in [0.1, 0.15) is 52.9 Å². The van der Waals surface area contributed by atoms with Crippen LogP contribution in [0.15, 0.2) is 0 Å². The molecule has 1 fully saturated rings. The van der Waals surface area contributed by atoms with E-state index in [2.05, 4.69) is 17.6 Å². The van der Waals surface area contributed by atoms with Gasteiger partial charge in [-0.1, -0.05) is 13.3 Å². The molecule has 0 aromatic rings. The van der Waals surface area contributed by atoms with Crippen LogP contribution in [0.5, 0.6) is 0 Å². The quantitative estimate of drug-likeness (QED) is 0.705.